The first-order valence-electron chi connectivity index (χ1n) is 5.79. The normalized spacial score (nSPS) is 13.5. The van der Waals surface area contributed by atoms with E-state index in [0.29, 0.717) is 21.4 Å². The Labute approximate surface area is 123 Å². The van der Waals surface area contributed by atoms with Crippen LogP contribution < -0.4 is 5.73 Å². The third-order valence-electron chi connectivity index (χ3n) is 3.03. The molecule has 108 valence electrons. The molecule has 0 saturated heterocycles. The molecule has 2 aromatic rings. The van der Waals surface area contributed by atoms with Gasteiger partial charge < -0.3 is 5.73 Å². The van der Waals surface area contributed by atoms with E-state index in [0.717, 1.165) is 17.0 Å². The van der Waals surface area contributed by atoms with Gasteiger partial charge in [0.25, 0.3) is 0 Å². The van der Waals surface area contributed by atoms with Crippen molar-refractivity contribution in [3.8, 4) is 0 Å². The molecule has 0 aliphatic heterocycles. The van der Waals surface area contributed by atoms with Crippen LogP contribution in [0.1, 0.15) is 34.5 Å². The van der Waals surface area contributed by atoms with Crippen molar-refractivity contribution in [3.05, 3.63) is 44.9 Å². The number of alkyl halides is 3. The van der Waals surface area contributed by atoms with Crippen LogP contribution in [0.25, 0.3) is 0 Å². The summed E-state index contributed by atoms with van der Waals surface area (Å²) in [5.74, 6) is -0.292. The molecule has 20 heavy (non-hydrogen) atoms. The molecular formula is C13H12ClF3N2S. The van der Waals surface area contributed by atoms with Crippen LogP contribution in [0.5, 0.6) is 0 Å². The molecule has 0 saturated carbocycles. The third-order valence-corrected chi connectivity index (χ3v) is 4.55. The molecule has 0 amide bonds. The predicted molar refractivity (Wildman–Crippen MR) is 75.2 cm³/mol. The summed E-state index contributed by atoms with van der Waals surface area (Å²) >= 11 is 7.30. The summed E-state index contributed by atoms with van der Waals surface area (Å²) < 4.78 is 38.3. The second-order valence-electron chi connectivity index (χ2n) is 4.46. The maximum atomic E-state index is 12.8. The van der Waals surface area contributed by atoms with E-state index in [1.54, 1.807) is 13.8 Å². The monoisotopic (exact) mass is 320 g/mol. The highest BCUT2D eigenvalue weighted by Crippen LogP contribution is 2.39. The fourth-order valence-electron chi connectivity index (χ4n) is 2.02. The van der Waals surface area contributed by atoms with Gasteiger partial charge in [0.1, 0.15) is 0 Å². The van der Waals surface area contributed by atoms with Gasteiger partial charge in [-0.25, -0.2) is 4.98 Å². The van der Waals surface area contributed by atoms with Crippen LogP contribution in [0, 0.1) is 6.92 Å². The minimum atomic E-state index is -4.39. The number of aromatic nitrogens is 1. The summed E-state index contributed by atoms with van der Waals surface area (Å²) in [6, 6.07) is 3.34. The molecule has 2 N–H and O–H groups in total. The number of nitrogen functional groups attached to an aromatic ring is 1. The average Bonchev–Trinajstić information content (AvgIpc) is 2.66. The van der Waals surface area contributed by atoms with Gasteiger partial charge in [0.2, 0.25) is 0 Å². The Kier molecular flexibility index (Phi) is 3.97. The van der Waals surface area contributed by atoms with Crippen LogP contribution in [0.3, 0.4) is 0 Å². The summed E-state index contributed by atoms with van der Waals surface area (Å²) in [6.45, 7) is 3.57. The highest BCUT2D eigenvalue weighted by Gasteiger charge is 2.31. The Bertz CT molecular complexity index is 637. The van der Waals surface area contributed by atoms with Gasteiger partial charge in [-0.05, 0) is 30.7 Å². The van der Waals surface area contributed by atoms with Gasteiger partial charge in [-0.15, -0.1) is 11.3 Å². The fraction of sp³-hybridized carbons (Fsp3) is 0.308. The van der Waals surface area contributed by atoms with Gasteiger partial charge in [0, 0.05) is 15.8 Å². The smallest absolute Gasteiger partial charge is 0.375 e. The Morgan fingerprint density at radius 1 is 1.35 bits per heavy atom. The van der Waals surface area contributed by atoms with E-state index in [-0.39, 0.29) is 5.92 Å². The predicted octanol–water partition coefficient (Wildman–Crippen LogP) is 4.86. The first-order chi connectivity index (χ1) is 9.20. The van der Waals surface area contributed by atoms with Crippen LogP contribution in [0.2, 0.25) is 5.02 Å². The first kappa shape index (κ1) is 15.1. The molecule has 0 radical (unpaired) electrons. The van der Waals surface area contributed by atoms with Crippen molar-refractivity contribution in [2.24, 2.45) is 0 Å². The quantitative estimate of drug-likeness (QED) is 0.858. The lowest BCUT2D eigenvalue weighted by Crippen LogP contribution is -2.07. The van der Waals surface area contributed by atoms with Crippen molar-refractivity contribution < 1.29 is 13.2 Å². The molecule has 1 unspecified atom stereocenters. The van der Waals surface area contributed by atoms with Crippen LogP contribution in [-0.4, -0.2) is 4.98 Å². The van der Waals surface area contributed by atoms with Crippen molar-refractivity contribution in [2.45, 2.75) is 25.9 Å². The van der Waals surface area contributed by atoms with Gasteiger partial charge in [-0.3, -0.25) is 0 Å². The summed E-state index contributed by atoms with van der Waals surface area (Å²) in [6.07, 6.45) is -4.39. The van der Waals surface area contributed by atoms with E-state index in [2.05, 4.69) is 4.98 Å². The average molecular weight is 321 g/mol. The first-order valence-corrected chi connectivity index (χ1v) is 6.99. The van der Waals surface area contributed by atoms with Crippen molar-refractivity contribution in [2.75, 3.05) is 5.73 Å². The molecule has 0 bridgehead atoms. The number of nitrogens with two attached hydrogens (primary N) is 1. The molecule has 0 spiro atoms. The zero-order valence-electron chi connectivity index (χ0n) is 10.8. The number of halogens is 4. The lowest BCUT2D eigenvalue weighted by Gasteiger charge is -2.15. The number of aryl methyl sites for hydroxylation is 1. The molecule has 1 atom stereocenters. The number of nitrogens with zero attached hydrogens (tertiary/aromatic N) is 1. The minimum absolute atomic E-state index is 0.292. The van der Waals surface area contributed by atoms with Crippen molar-refractivity contribution in [3.63, 3.8) is 0 Å². The Morgan fingerprint density at radius 3 is 2.50 bits per heavy atom. The number of benzene rings is 1. The van der Waals surface area contributed by atoms with Gasteiger partial charge in [0.15, 0.2) is 5.13 Å². The van der Waals surface area contributed by atoms with Crippen molar-refractivity contribution in [1.82, 2.24) is 4.98 Å². The molecule has 2 rings (SSSR count). The molecule has 0 aliphatic carbocycles. The van der Waals surface area contributed by atoms with Gasteiger partial charge in [-0.1, -0.05) is 18.5 Å². The Morgan fingerprint density at radius 2 is 2.00 bits per heavy atom. The fourth-order valence-corrected chi connectivity index (χ4v) is 3.21. The summed E-state index contributed by atoms with van der Waals surface area (Å²) in [5.41, 5.74) is 6.06. The van der Waals surface area contributed by atoms with Gasteiger partial charge >= 0.3 is 6.18 Å². The second kappa shape index (κ2) is 5.26. The Hall–Kier alpha value is -1.27. The maximum Gasteiger partial charge on any atom is 0.416 e. The number of anilines is 1. The molecule has 7 heteroatoms. The molecule has 0 fully saturated rings. The molecule has 1 aromatic carbocycles. The largest absolute Gasteiger partial charge is 0.416 e. The molecular weight excluding hydrogens is 309 g/mol. The Balaban J connectivity index is 2.49. The maximum absolute atomic E-state index is 12.8. The van der Waals surface area contributed by atoms with E-state index < -0.39 is 11.7 Å². The molecule has 0 aliphatic rings. The zero-order chi connectivity index (χ0) is 15.1. The van der Waals surface area contributed by atoms with Gasteiger partial charge in [-0.2, -0.15) is 13.2 Å². The van der Waals surface area contributed by atoms with E-state index in [1.165, 1.54) is 17.4 Å². The van der Waals surface area contributed by atoms with Crippen LogP contribution in [0.15, 0.2) is 18.2 Å². The highest BCUT2D eigenvalue weighted by molar-refractivity contribution is 7.15. The number of hydrogen-bond acceptors (Lipinski definition) is 3. The highest BCUT2D eigenvalue weighted by atomic mass is 35.5. The summed E-state index contributed by atoms with van der Waals surface area (Å²) in [4.78, 5) is 4.91. The van der Waals surface area contributed by atoms with E-state index >= 15 is 0 Å². The van der Waals surface area contributed by atoms with Crippen molar-refractivity contribution in [1.29, 1.82) is 0 Å². The van der Waals surface area contributed by atoms with Crippen molar-refractivity contribution >= 4 is 28.1 Å². The van der Waals surface area contributed by atoms with E-state index in [9.17, 15) is 13.2 Å². The SMILES string of the molecule is Cc1nc(N)sc1C(C)c1cc(C(F)(F)F)ccc1Cl. The van der Waals surface area contributed by atoms with E-state index in [4.69, 9.17) is 17.3 Å². The number of hydrogen-bond donors (Lipinski definition) is 1. The molecule has 1 heterocycles. The zero-order valence-corrected chi connectivity index (χ0v) is 12.3. The standard InChI is InChI=1S/C13H12ClF3N2S/c1-6(11-7(2)19-12(18)20-11)9-5-8(13(15,16)17)3-4-10(9)14/h3-6H,1-2H3,(H2,18,19). The molecule has 2 nitrogen and oxygen atoms in total. The minimum Gasteiger partial charge on any atom is -0.375 e. The van der Waals surface area contributed by atoms with Crippen LogP contribution >= 0.6 is 22.9 Å². The lowest BCUT2D eigenvalue weighted by atomic mass is 9.96. The topological polar surface area (TPSA) is 38.9 Å². The summed E-state index contributed by atoms with van der Waals surface area (Å²) in [5, 5.41) is 0.698. The number of rotatable bonds is 2. The molecule has 1 aromatic heterocycles. The summed E-state index contributed by atoms with van der Waals surface area (Å²) in [7, 11) is 0. The van der Waals surface area contributed by atoms with E-state index in [1.807, 2.05) is 0 Å². The second-order valence-corrected chi connectivity index (χ2v) is 5.93. The number of thiazole rings is 1. The van der Waals surface area contributed by atoms with Crippen LogP contribution in [-0.2, 0) is 6.18 Å². The third kappa shape index (κ3) is 2.91. The van der Waals surface area contributed by atoms with Crippen LogP contribution in [0.4, 0.5) is 18.3 Å². The van der Waals surface area contributed by atoms with Gasteiger partial charge in [0.05, 0.1) is 11.3 Å². The lowest BCUT2D eigenvalue weighted by molar-refractivity contribution is -0.137.